The molecule has 0 saturated heterocycles. The summed E-state index contributed by atoms with van der Waals surface area (Å²) in [5.41, 5.74) is 0.505. The Morgan fingerprint density at radius 3 is 2.47 bits per heavy atom. The summed E-state index contributed by atoms with van der Waals surface area (Å²) in [6.07, 6.45) is 2.91. The largest absolute Gasteiger partial charge is 0.480 e. The number of nitrogens with one attached hydrogen (secondary N) is 1. The van der Waals surface area contributed by atoms with E-state index in [-0.39, 0.29) is 11.3 Å². The van der Waals surface area contributed by atoms with Crippen molar-refractivity contribution in [1.29, 1.82) is 0 Å². The van der Waals surface area contributed by atoms with Crippen molar-refractivity contribution < 1.29 is 14.7 Å². The number of carbonyl (C=O) groups is 2. The van der Waals surface area contributed by atoms with Crippen LogP contribution in [0.15, 0.2) is 18.3 Å². The maximum absolute atomic E-state index is 12.0. The van der Waals surface area contributed by atoms with E-state index in [0.717, 1.165) is 6.42 Å². The van der Waals surface area contributed by atoms with Gasteiger partial charge in [0.2, 0.25) is 0 Å². The molecule has 5 nitrogen and oxygen atoms in total. The molecule has 1 aromatic rings. The van der Waals surface area contributed by atoms with Gasteiger partial charge in [0.05, 0.1) is 0 Å². The zero-order valence-electron chi connectivity index (χ0n) is 11.9. The first-order chi connectivity index (χ1) is 8.70. The SMILES string of the molecule is Cn1cccc1C(=O)NC(CCC(C)(C)C)C(=O)O. The monoisotopic (exact) mass is 266 g/mol. The number of hydrogen-bond acceptors (Lipinski definition) is 2. The Kier molecular flexibility index (Phi) is 4.75. The second kappa shape index (κ2) is 5.91. The molecule has 5 heteroatoms. The molecule has 1 unspecified atom stereocenters. The Hall–Kier alpha value is -1.78. The summed E-state index contributed by atoms with van der Waals surface area (Å²) in [6.45, 7) is 6.14. The van der Waals surface area contributed by atoms with E-state index < -0.39 is 12.0 Å². The highest BCUT2D eigenvalue weighted by Gasteiger charge is 2.23. The number of nitrogens with zero attached hydrogens (tertiary/aromatic N) is 1. The number of rotatable bonds is 5. The van der Waals surface area contributed by atoms with E-state index in [9.17, 15) is 9.59 Å². The lowest BCUT2D eigenvalue weighted by molar-refractivity contribution is -0.139. The van der Waals surface area contributed by atoms with Gasteiger partial charge in [-0.25, -0.2) is 4.79 Å². The summed E-state index contributed by atoms with van der Waals surface area (Å²) in [5, 5.41) is 11.7. The fraction of sp³-hybridized carbons (Fsp3) is 0.571. The van der Waals surface area contributed by atoms with E-state index in [2.05, 4.69) is 5.32 Å². The van der Waals surface area contributed by atoms with Crippen LogP contribution < -0.4 is 5.32 Å². The van der Waals surface area contributed by atoms with Crippen molar-refractivity contribution in [2.75, 3.05) is 0 Å². The Morgan fingerprint density at radius 1 is 1.42 bits per heavy atom. The maximum atomic E-state index is 12.0. The molecule has 19 heavy (non-hydrogen) atoms. The number of amides is 1. The van der Waals surface area contributed by atoms with Crippen LogP contribution in [-0.4, -0.2) is 27.6 Å². The molecule has 0 saturated carbocycles. The highest BCUT2D eigenvalue weighted by atomic mass is 16.4. The van der Waals surface area contributed by atoms with Crippen LogP contribution in [0.5, 0.6) is 0 Å². The zero-order valence-corrected chi connectivity index (χ0v) is 11.9. The minimum Gasteiger partial charge on any atom is -0.480 e. The number of aromatic nitrogens is 1. The van der Waals surface area contributed by atoms with Gasteiger partial charge in [-0.05, 0) is 30.4 Å². The van der Waals surface area contributed by atoms with E-state index >= 15 is 0 Å². The van der Waals surface area contributed by atoms with Gasteiger partial charge in [0.1, 0.15) is 11.7 Å². The summed E-state index contributed by atoms with van der Waals surface area (Å²) in [4.78, 5) is 23.2. The van der Waals surface area contributed by atoms with Crippen molar-refractivity contribution in [2.24, 2.45) is 12.5 Å². The zero-order chi connectivity index (χ0) is 14.6. The maximum Gasteiger partial charge on any atom is 0.326 e. The first-order valence-electron chi connectivity index (χ1n) is 6.36. The van der Waals surface area contributed by atoms with Crippen molar-refractivity contribution in [2.45, 2.75) is 39.7 Å². The van der Waals surface area contributed by atoms with Gasteiger partial charge in [0.25, 0.3) is 5.91 Å². The first kappa shape index (κ1) is 15.3. The molecule has 0 bridgehead atoms. The molecule has 0 radical (unpaired) electrons. The number of hydrogen-bond donors (Lipinski definition) is 2. The first-order valence-corrected chi connectivity index (χ1v) is 6.36. The quantitative estimate of drug-likeness (QED) is 0.856. The van der Waals surface area contributed by atoms with Gasteiger partial charge < -0.3 is 15.0 Å². The van der Waals surface area contributed by atoms with E-state index in [1.54, 1.807) is 29.9 Å². The van der Waals surface area contributed by atoms with Crippen LogP contribution in [0.2, 0.25) is 0 Å². The van der Waals surface area contributed by atoms with Crippen LogP contribution in [0.3, 0.4) is 0 Å². The number of carboxylic acid groups (broad SMARTS) is 1. The van der Waals surface area contributed by atoms with Crippen LogP contribution in [0.4, 0.5) is 0 Å². The van der Waals surface area contributed by atoms with Gasteiger partial charge in [0, 0.05) is 13.2 Å². The second-order valence-electron chi connectivity index (χ2n) is 5.97. The third kappa shape index (κ3) is 4.77. The van der Waals surface area contributed by atoms with Crippen LogP contribution in [-0.2, 0) is 11.8 Å². The molecule has 0 aromatic carbocycles. The molecule has 0 spiro atoms. The normalized spacial score (nSPS) is 13.1. The highest BCUT2D eigenvalue weighted by molar-refractivity contribution is 5.95. The molecule has 1 amide bonds. The van der Waals surface area contributed by atoms with Crippen LogP contribution in [0.25, 0.3) is 0 Å². The van der Waals surface area contributed by atoms with Crippen molar-refractivity contribution >= 4 is 11.9 Å². The van der Waals surface area contributed by atoms with Crippen molar-refractivity contribution in [3.8, 4) is 0 Å². The Balaban J connectivity index is 2.67. The smallest absolute Gasteiger partial charge is 0.326 e. The molecule has 1 rings (SSSR count). The average molecular weight is 266 g/mol. The standard InChI is InChI=1S/C14H22N2O3/c1-14(2,3)8-7-10(13(18)19)15-12(17)11-6-5-9-16(11)4/h5-6,9-10H,7-8H2,1-4H3,(H,15,17)(H,18,19). The number of aryl methyl sites for hydroxylation is 1. The van der Waals surface area contributed by atoms with Gasteiger partial charge in [-0.1, -0.05) is 20.8 Å². The predicted molar refractivity (Wildman–Crippen MR) is 73.0 cm³/mol. The third-order valence-corrected chi connectivity index (χ3v) is 2.96. The molecular weight excluding hydrogens is 244 g/mol. The van der Waals surface area contributed by atoms with Gasteiger partial charge in [-0.15, -0.1) is 0 Å². The minimum absolute atomic E-state index is 0.0450. The van der Waals surface area contributed by atoms with Crippen LogP contribution in [0, 0.1) is 5.41 Å². The van der Waals surface area contributed by atoms with Crippen LogP contribution >= 0.6 is 0 Å². The molecule has 1 heterocycles. The highest BCUT2D eigenvalue weighted by Crippen LogP contribution is 2.21. The molecule has 2 N–H and O–H groups in total. The molecule has 106 valence electrons. The van der Waals surface area contributed by atoms with Crippen molar-refractivity contribution in [3.63, 3.8) is 0 Å². The molecular formula is C14H22N2O3. The van der Waals surface area contributed by atoms with Gasteiger partial charge in [-0.3, -0.25) is 4.79 Å². The minimum atomic E-state index is -0.994. The second-order valence-corrected chi connectivity index (χ2v) is 5.97. The average Bonchev–Trinajstić information content (AvgIpc) is 2.68. The predicted octanol–water partition coefficient (Wildman–Crippen LogP) is 2.03. The van der Waals surface area contributed by atoms with Crippen molar-refractivity contribution in [3.05, 3.63) is 24.0 Å². The Morgan fingerprint density at radius 2 is 2.05 bits per heavy atom. The molecule has 1 aromatic heterocycles. The fourth-order valence-electron chi connectivity index (χ4n) is 1.76. The lowest BCUT2D eigenvalue weighted by atomic mass is 9.88. The summed E-state index contributed by atoms with van der Waals surface area (Å²) in [7, 11) is 1.75. The lowest BCUT2D eigenvalue weighted by Crippen LogP contribution is -2.41. The summed E-state index contributed by atoms with van der Waals surface area (Å²) in [6, 6.07) is 2.57. The van der Waals surface area contributed by atoms with Crippen molar-refractivity contribution in [1.82, 2.24) is 9.88 Å². The Labute approximate surface area is 113 Å². The fourth-order valence-corrected chi connectivity index (χ4v) is 1.76. The number of aliphatic carboxylic acids is 1. The third-order valence-electron chi connectivity index (χ3n) is 2.96. The van der Waals surface area contributed by atoms with Gasteiger partial charge in [-0.2, -0.15) is 0 Å². The topological polar surface area (TPSA) is 71.3 Å². The summed E-state index contributed by atoms with van der Waals surface area (Å²) >= 11 is 0. The summed E-state index contributed by atoms with van der Waals surface area (Å²) in [5.74, 6) is -1.35. The molecule has 0 aliphatic carbocycles. The number of carboxylic acids is 1. The molecule has 0 aliphatic heterocycles. The molecule has 1 atom stereocenters. The van der Waals surface area contributed by atoms with E-state index in [0.29, 0.717) is 12.1 Å². The van der Waals surface area contributed by atoms with E-state index in [1.165, 1.54) is 0 Å². The number of carbonyl (C=O) groups excluding carboxylic acids is 1. The molecule has 0 fully saturated rings. The van der Waals surface area contributed by atoms with Gasteiger partial charge in [0.15, 0.2) is 0 Å². The Bertz CT molecular complexity index is 458. The van der Waals surface area contributed by atoms with E-state index in [1.807, 2.05) is 20.8 Å². The summed E-state index contributed by atoms with van der Waals surface area (Å²) < 4.78 is 1.66. The van der Waals surface area contributed by atoms with Gasteiger partial charge >= 0.3 is 5.97 Å². The molecule has 0 aliphatic rings. The van der Waals surface area contributed by atoms with E-state index in [4.69, 9.17) is 5.11 Å². The van der Waals surface area contributed by atoms with Crippen LogP contribution in [0.1, 0.15) is 44.1 Å². The lowest BCUT2D eigenvalue weighted by Gasteiger charge is -2.21.